The lowest BCUT2D eigenvalue weighted by atomic mass is 10.1. The number of rotatable bonds is 3. The summed E-state index contributed by atoms with van der Waals surface area (Å²) in [6, 6.07) is 9.10. The van der Waals surface area contributed by atoms with E-state index in [4.69, 9.17) is 4.74 Å². The molecule has 0 spiro atoms. The van der Waals surface area contributed by atoms with Crippen molar-refractivity contribution >= 4 is 12.0 Å². The van der Waals surface area contributed by atoms with Gasteiger partial charge in [-0.1, -0.05) is 30.3 Å². The first-order chi connectivity index (χ1) is 9.65. The highest BCUT2D eigenvalue weighted by Gasteiger charge is 2.25. The second kappa shape index (κ2) is 6.93. The molecule has 1 aliphatic heterocycles. The number of nitrogens with one attached hydrogen (secondary N) is 2. The first-order valence-corrected chi connectivity index (χ1v) is 6.93. The number of amides is 2. The van der Waals surface area contributed by atoms with Gasteiger partial charge in [-0.2, -0.15) is 0 Å². The lowest BCUT2D eigenvalue weighted by Crippen LogP contribution is -2.47. The smallest absolute Gasteiger partial charge is 0.408 e. The van der Waals surface area contributed by atoms with Gasteiger partial charge in [0.15, 0.2) is 0 Å². The molecule has 1 fully saturated rings. The summed E-state index contributed by atoms with van der Waals surface area (Å²) in [5.41, 5.74) is 0.918. The molecule has 2 amide bonds. The standard InChI is InChI=1S/C15H20N2O3/c1-11-6-5-9-13(14(18)16-11)17-15(19)20-10-12-7-3-2-4-8-12/h2-4,7-8,11,13H,5-6,9-10H2,1H3,(H,16,18)(H,17,19). The normalized spacial score (nSPS) is 22.6. The van der Waals surface area contributed by atoms with E-state index >= 15 is 0 Å². The average molecular weight is 276 g/mol. The van der Waals surface area contributed by atoms with Gasteiger partial charge < -0.3 is 15.4 Å². The Labute approximate surface area is 118 Å². The van der Waals surface area contributed by atoms with Crippen LogP contribution < -0.4 is 10.6 Å². The van der Waals surface area contributed by atoms with Crippen molar-refractivity contribution in [1.82, 2.24) is 10.6 Å². The lowest BCUT2D eigenvalue weighted by molar-refractivity contribution is -0.123. The van der Waals surface area contributed by atoms with Gasteiger partial charge in [0.25, 0.3) is 0 Å². The monoisotopic (exact) mass is 276 g/mol. The van der Waals surface area contributed by atoms with Crippen LogP contribution in [0.3, 0.4) is 0 Å². The van der Waals surface area contributed by atoms with Crippen LogP contribution in [0.4, 0.5) is 4.79 Å². The van der Waals surface area contributed by atoms with Crippen molar-refractivity contribution in [2.24, 2.45) is 0 Å². The zero-order valence-corrected chi connectivity index (χ0v) is 11.6. The van der Waals surface area contributed by atoms with Crippen LogP contribution in [0.2, 0.25) is 0 Å². The Kier molecular flexibility index (Phi) is 4.98. The van der Waals surface area contributed by atoms with Crippen LogP contribution in [0.25, 0.3) is 0 Å². The van der Waals surface area contributed by atoms with Crippen LogP contribution in [0.15, 0.2) is 30.3 Å². The Morgan fingerprint density at radius 3 is 2.85 bits per heavy atom. The van der Waals surface area contributed by atoms with Crippen molar-refractivity contribution in [3.05, 3.63) is 35.9 Å². The second-order valence-corrected chi connectivity index (χ2v) is 5.10. The summed E-state index contributed by atoms with van der Waals surface area (Å²) in [7, 11) is 0. The molecule has 0 aliphatic carbocycles. The topological polar surface area (TPSA) is 67.4 Å². The summed E-state index contributed by atoms with van der Waals surface area (Å²) < 4.78 is 5.12. The molecule has 1 heterocycles. The van der Waals surface area contributed by atoms with Crippen LogP contribution in [0, 0.1) is 0 Å². The van der Waals surface area contributed by atoms with E-state index in [1.165, 1.54) is 0 Å². The van der Waals surface area contributed by atoms with E-state index in [-0.39, 0.29) is 18.6 Å². The first kappa shape index (κ1) is 14.4. The first-order valence-electron chi connectivity index (χ1n) is 6.93. The van der Waals surface area contributed by atoms with E-state index in [0.29, 0.717) is 6.42 Å². The number of carbonyl (C=O) groups excluding carboxylic acids is 2. The lowest BCUT2D eigenvalue weighted by Gasteiger charge is -2.16. The number of hydrogen-bond acceptors (Lipinski definition) is 3. The molecule has 5 heteroatoms. The summed E-state index contributed by atoms with van der Waals surface area (Å²) in [6.45, 7) is 2.17. The van der Waals surface area contributed by atoms with Crippen molar-refractivity contribution in [3.8, 4) is 0 Å². The predicted molar refractivity (Wildman–Crippen MR) is 75.0 cm³/mol. The number of benzene rings is 1. The highest BCUT2D eigenvalue weighted by molar-refractivity contribution is 5.85. The van der Waals surface area contributed by atoms with Crippen LogP contribution >= 0.6 is 0 Å². The number of hydrogen-bond donors (Lipinski definition) is 2. The molecule has 2 unspecified atom stereocenters. The highest BCUT2D eigenvalue weighted by atomic mass is 16.5. The number of ether oxygens (including phenoxy) is 1. The van der Waals surface area contributed by atoms with Crippen molar-refractivity contribution in [1.29, 1.82) is 0 Å². The summed E-state index contributed by atoms with van der Waals surface area (Å²) in [5.74, 6) is -0.133. The fourth-order valence-electron chi connectivity index (χ4n) is 2.22. The van der Waals surface area contributed by atoms with E-state index in [1.54, 1.807) is 0 Å². The summed E-state index contributed by atoms with van der Waals surface area (Å²) in [6.07, 6.45) is 1.94. The van der Waals surface area contributed by atoms with Crippen LogP contribution in [0.1, 0.15) is 31.7 Å². The zero-order chi connectivity index (χ0) is 14.4. The van der Waals surface area contributed by atoms with Crippen molar-refractivity contribution in [2.75, 3.05) is 0 Å². The molecule has 108 valence electrons. The van der Waals surface area contributed by atoms with Crippen molar-refractivity contribution < 1.29 is 14.3 Å². The Bertz CT molecular complexity index is 461. The maximum atomic E-state index is 11.9. The number of alkyl carbamates (subject to hydrolysis) is 1. The third kappa shape index (κ3) is 4.26. The molecule has 1 aliphatic rings. The van der Waals surface area contributed by atoms with E-state index in [2.05, 4.69) is 10.6 Å². The minimum absolute atomic E-state index is 0.133. The Morgan fingerprint density at radius 2 is 2.10 bits per heavy atom. The quantitative estimate of drug-likeness (QED) is 0.887. The Balaban J connectivity index is 1.80. The van der Waals surface area contributed by atoms with E-state index in [9.17, 15) is 9.59 Å². The molecule has 5 nitrogen and oxygen atoms in total. The third-order valence-electron chi connectivity index (χ3n) is 3.34. The molecular formula is C15H20N2O3. The van der Waals surface area contributed by atoms with Crippen LogP contribution in [-0.4, -0.2) is 24.1 Å². The van der Waals surface area contributed by atoms with Gasteiger partial charge in [0, 0.05) is 6.04 Å². The summed E-state index contributed by atoms with van der Waals surface area (Å²) in [5, 5.41) is 5.49. The van der Waals surface area contributed by atoms with Gasteiger partial charge >= 0.3 is 6.09 Å². The molecule has 1 aromatic carbocycles. The van der Waals surface area contributed by atoms with Gasteiger partial charge in [0.1, 0.15) is 12.6 Å². The van der Waals surface area contributed by atoms with Crippen molar-refractivity contribution in [2.45, 2.75) is 44.9 Å². The zero-order valence-electron chi connectivity index (χ0n) is 11.6. The Morgan fingerprint density at radius 1 is 1.35 bits per heavy atom. The Hall–Kier alpha value is -2.04. The van der Waals surface area contributed by atoms with Gasteiger partial charge in [-0.15, -0.1) is 0 Å². The molecular weight excluding hydrogens is 256 g/mol. The minimum Gasteiger partial charge on any atom is -0.445 e. The molecule has 2 rings (SSSR count). The SMILES string of the molecule is CC1CCCC(NC(=O)OCc2ccccc2)C(=O)N1. The fraction of sp³-hybridized carbons (Fsp3) is 0.467. The highest BCUT2D eigenvalue weighted by Crippen LogP contribution is 2.10. The second-order valence-electron chi connectivity index (χ2n) is 5.10. The average Bonchev–Trinajstić information content (AvgIpc) is 2.59. The van der Waals surface area contributed by atoms with Crippen molar-refractivity contribution in [3.63, 3.8) is 0 Å². The maximum Gasteiger partial charge on any atom is 0.408 e. The summed E-state index contributed by atoms with van der Waals surface area (Å²) in [4.78, 5) is 23.6. The molecule has 2 atom stereocenters. The molecule has 0 aromatic heterocycles. The van der Waals surface area contributed by atoms with Gasteiger partial charge in [-0.05, 0) is 31.7 Å². The largest absolute Gasteiger partial charge is 0.445 e. The molecule has 0 saturated carbocycles. The molecule has 1 saturated heterocycles. The fourth-order valence-corrected chi connectivity index (χ4v) is 2.22. The van der Waals surface area contributed by atoms with Crippen LogP contribution in [0.5, 0.6) is 0 Å². The van der Waals surface area contributed by atoms with Gasteiger partial charge in [0.2, 0.25) is 5.91 Å². The van der Waals surface area contributed by atoms with E-state index in [0.717, 1.165) is 18.4 Å². The minimum atomic E-state index is -0.552. The van der Waals surface area contributed by atoms with Gasteiger partial charge in [0.05, 0.1) is 0 Å². The van der Waals surface area contributed by atoms with Gasteiger partial charge in [-0.3, -0.25) is 4.79 Å². The predicted octanol–water partition coefficient (Wildman–Crippen LogP) is 1.97. The third-order valence-corrected chi connectivity index (χ3v) is 3.34. The molecule has 20 heavy (non-hydrogen) atoms. The molecule has 0 bridgehead atoms. The van der Waals surface area contributed by atoms with Crippen LogP contribution in [-0.2, 0) is 16.1 Å². The molecule has 1 aromatic rings. The molecule has 2 N–H and O–H groups in total. The number of carbonyl (C=O) groups is 2. The summed E-state index contributed by atoms with van der Waals surface area (Å²) >= 11 is 0. The van der Waals surface area contributed by atoms with Gasteiger partial charge in [-0.25, -0.2) is 4.79 Å². The van der Waals surface area contributed by atoms with E-state index < -0.39 is 12.1 Å². The maximum absolute atomic E-state index is 11.9. The van der Waals surface area contributed by atoms with E-state index in [1.807, 2.05) is 37.3 Å². The molecule has 0 radical (unpaired) electrons.